The Kier molecular flexibility index (Phi) is 3.34. The van der Waals surface area contributed by atoms with Crippen LogP contribution in [0.2, 0.25) is 0 Å². The van der Waals surface area contributed by atoms with Crippen LogP contribution in [0.4, 0.5) is 5.69 Å². The molecule has 0 saturated heterocycles. The van der Waals surface area contributed by atoms with Crippen molar-refractivity contribution in [1.29, 1.82) is 0 Å². The molecular formula is C13H12N2O3. The van der Waals surface area contributed by atoms with Crippen molar-refractivity contribution in [2.24, 2.45) is 0 Å². The molecule has 5 heteroatoms. The Morgan fingerprint density at radius 2 is 2.11 bits per heavy atom. The third kappa shape index (κ3) is 2.36. The Morgan fingerprint density at radius 1 is 1.33 bits per heavy atom. The molecule has 0 spiro atoms. The summed E-state index contributed by atoms with van der Waals surface area (Å²) in [7, 11) is 0. The van der Waals surface area contributed by atoms with Crippen LogP contribution < -0.4 is 0 Å². The van der Waals surface area contributed by atoms with Gasteiger partial charge in [0.1, 0.15) is 6.10 Å². The van der Waals surface area contributed by atoms with Crippen molar-refractivity contribution in [2.45, 2.75) is 13.0 Å². The van der Waals surface area contributed by atoms with E-state index in [1.165, 1.54) is 12.1 Å². The van der Waals surface area contributed by atoms with Crippen molar-refractivity contribution in [2.75, 3.05) is 0 Å². The summed E-state index contributed by atoms with van der Waals surface area (Å²) in [4.78, 5) is 14.3. The Balaban J connectivity index is 2.37. The van der Waals surface area contributed by atoms with Gasteiger partial charge in [-0.3, -0.25) is 15.1 Å². The zero-order chi connectivity index (χ0) is 13.1. The number of rotatable bonds is 3. The largest absolute Gasteiger partial charge is 0.382 e. The molecule has 0 aliphatic heterocycles. The van der Waals surface area contributed by atoms with E-state index in [2.05, 4.69) is 4.98 Å². The van der Waals surface area contributed by atoms with Crippen molar-refractivity contribution in [3.63, 3.8) is 0 Å². The van der Waals surface area contributed by atoms with E-state index in [1.54, 1.807) is 37.4 Å². The van der Waals surface area contributed by atoms with Crippen LogP contribution >= 0.6 is 0 Å². The van der Waals surface area contributed by atoms with Gasteiger partial charge in [-0.1, -0.05) is 6.07 Å². The van der Waals surface area contributed by atoms with Crippen LogP contribution in [0.3, 0.4) is 0 Å². The topological polar surface area (TPSA) is 76.3 Å². The van der Waals surface area contributed by atoms with Gasteiger partial charge in [0.15, 0.2) is 0 Å². The minimum atomic E-state index is -0.869. The highest BCUT2D eigenvalue weighted by atomic mass is 16.6. The molecule has 2 rings (SSSR count). The minimum Gasteiger partial charge on any atom is -0.382 e. The second kappa shape index (κ2) is 4.93. The second-order valence-corrected chi connectivity index (χ2v) is 3.96. The van der Waals surface area contributed by atoms with E-state index in [0.717, 1.165) is 0 Å². The zero-order valence-corrected chi connectivity index (χ0v) is 9.78. The molecule has 1 unspecified atom stereocenters. The number of pyridine rings is 1. The van der Waals surface area contributed by atoms with Crippen LogP contribution in [0.1, 0.15) is 22.9 Å². The molecule has 1 aromatic carbocycles. The minimum absolute atomic E-state index is 0.0180. The SMILES string of the molecule is Cc1cc([N+](=O)[O-])ccc1C(O)c1ccccn1. The maximum absolute atomic E-state index is 10.6. The summed E-state index contributed by atoms with van der Waals surface area (Å²) in [5.41, 5.74) is 1.83. The maximum atomic E-state index is 10.6. The van der Waals surface area contributed by atoms with E-state index >= 15 is 0 Å². The summed E-state index contributed by atoms with van der Waals surface area (Å²) < 4.78 is 0. The quantitative estimate of drug-likeness (QED) is 0.664. The lowest BCUT2D eigenvalue weighted by Gasteiger charge is -2.12. The van der Waals surface area contributed by atoms with Crippen LogP contribution in [0, 0.1) is 17.0 Å². The van der Waals surface area contributed by atoms with Crippen LogP contribution in [-0.4, -0.2) is 15.0 Å². The maximum Gasteiger partial charge on any atom is 0.269 e. The summed E-state index contributed by atoms with van der Waals surface area (Å²) in [6.45, 7) is 1.73. The molecule has 0 aliphatic rings. The van der Waals surface area contributed by atoms with Crippen molar-refractivity contribution in [1.82, 2.24) is 4.98 Å². The summed E-state index contributed by atoms with van der Waals surface area (Å²) >= 11 is 0. The van der Waals surface area contributed by atoms with E-state index in [1.807, 2.05) is 0 Å². The average molecular weight is 244 g/mol. The van der Waals surface area contributed by atoms with Crippen LogP contribution in [-0.2, 0) is 0 Å². The molecule has 0 fully saturated rings. The number of aryl methyl sites for hydroxylation is 1. The molecule has 0 saturated carbocycles. The van der Waals surface area contributed by atoms with E-state index in [9.17, 15) is 15.2 Å². The van der Waals surface area contributed by atoms with Crippen molar-refractivity contribution in [3.05, 3.63) is 69.5 Å². The van der Waals surface area contributed by atoms with Gasteiger partial charge < -0.3 is 5.11 Å². The molecule has 0 bridgehead atoms. The lowest BCUT2D eigenvalue weighted by molar-refractivity contribution is -0.384. The Hall–Kier alpha value is -2.27. The summed E-state index contributed by atoms with van der Waals surface area (Å²) in [5, 5.41) is 20.8. The molecule has 1 atom stereocenters. The fourth-order valence-electron chi connectivity index (χ4n) is 1.78. The normalized spacial score (nSPS) is 12.1. The van der Waals surface area contributed by atoms with Crippen molar-refractivity contribution in [3.8, 4) is 0 Å². The van der Waals surface area contributed by atoms with Gasteiger partial charge in [-0.15, -0.1) is 0 Å². The van der Waals surface area contributed by atoms with E-state index in [-0.39, 0.29) is 5.69 Å². The fourth-order valence-corrected chi connectivity index (χ4v) is 1.78. The molecule has 1 heterocycles. The lowest BCUT2D eigenvalue weighted by atomic mass is 10.0. The van der Waals surface area contributed by atoms with E-state index in [4.69, 9.17) is 0 Å². The van der Waals surface area contributed by atoms with Crippen LogP contribution in [0.5, 0.6) is 0 Å². The zero-order valence-electron chi connectivity index (χ0n) is 9.78. The number of hydrogen-bond donors (Lipinski definition) is 1. The van der Waals surface area contributed by atoms with E-state index < -0.39 is 11.0 Å². The summed E-state index contributed by atoms with van der Waals surface area (Å²) in [6, 6.07) is 9.65. The number of non-ortho nitro benzene ring substituents is 1. The number of hydrogen-bond acceptors (Lipinski definition) is 4. The number of nitrogens with zero attached hydrogens (tertiary/aromatic N) is 2. The first-order valence-electron chi connectivity index (χ1n) is 5.43. The highest BCUT2D eigenvalue weighted by Crippen LogP contribution is 2.26. The highest BCUT2D eigenvalue weighted by Gasteiger charge is 2.16. The van der Waals surface area contributed by atoms with Gasteiger partial charge in [0.05, 0.1) is 10.6 Å². The van der Waals surface area contributed by atoms with E-state index in [0.29, 0.717) is 16.8 Å². The molecule has 5 nitrogen and oxygen atoms in total. The van der Waals surface area contributed by atoms with Gasteiger partial charge in [-0.2, -0.15) is 0 Å². The van der Waals surface area contributed by atoms with Gasteiger partial charge >= 0.3 is 0 Å². The van der Waals surface area contributed by atoms with Gasteiger partial charge in [-0.25, -0.2) is 0 Å². The molecule has 18 heavy (non-hydrogen) atoms. The third-order valence-corrected chi connectivity index (χ3v) is 2.73. The Morgan fingerprint density at radius 3 is 2.67 bits per heavy atom. The molecule has 0 aliphatic carbocycles. The predicted molar refractivity (Wildman–Crippen MR) is 66.1 cm³/mol. The molecule has 1 aromatic heterocycles. The first-order valence-corrected chi connectivity index (χ1v) is 5.43. The number of aliphatic hydroxyl groups excluding tert-OH is 1. The molecule has 92 valence electrons. The lowest BCUT2D eigenvalue weighted by Crippen LogP contribution is -2.04. The van der Waals surface area contributed by atoms with Crippen LogP contribution in [0.25, 0.3) is 0 Å². The highest BCUT2D eigenvalue weighted by molar-refractivity contribution is 5.42. The predicted octanol–water partition coefficient (Wildman–Crippen LogP) is 2.38. The first kappa shape index (κ1) is 12.2. The molecule has 0 radical (unpaired) electrons. The Bertz CT molecular complexity index is 570. The number of nitro benzene ring substituents is 1. The van der Waals surface area contributed by atoms with Gasteiger partial charge in [0, 0.05) is 18.3 Å². The number of aromatic nitrogens is 1. The molecule has 2 aromatic rings. The molecular weight excluding hydrogens is 232 g/mol. The molecule has 0 amide bonds. The number of aliphatic hydroxyl groups is 1. The van der Waals surface area contributed by atoms with Gasteiger partial charge in [-0.05, 0) is 36.2 Å². The van der Waals surface area contributed by atoms with Crippen LogP contribution in [0.15, 0.2) is 42.6 Å². The van der Waals surface area contributed by atoms with Gasteiger partial charge in [0.25, 0.3) is 5.69 Å². The Labute approximate surface area is 104 Å². The summed E-state index contributed by atoms with van der Waals surface area (Å²) in [6.07, 6.45) is 0.728. The fraction of sp³-hybridized carbons (Fsp3) is 0.154. The number of nitro groups is 1. The average Bonchev–Trinajstić information content (AvgIpc) is 2.38. The monoisotopic (exact) mass is 244 g/mol. The summed E-state index contributed by atoms with van der Waals surface area (Å²) in [5.74, 6) is 0. The van der Waals surface area contributed by atoms with Crippen molar-refractivity contribution < 1.29 is 10.0 Å². The number of benzene rings is 1. The second-order valence-electron chi connectivity index (χ2n) is 3.96. The molecule has 1 N–H and O–H groups in total. The van der Waals surface area contributed by atoms with Gasteiger partial charge in [0.2, 0.25) is 0 Å². The first-order chi connectivity index (χ1) is 8.59. The third-order valence-electron chi connectivity index (χ3n) is 2.73. The smallest absolute Gasteiger partial charge is 0.269 e. The standard InChI is InChI=1S/C13H12N2O3/c1-9-8-10(15(17)18)5-6-11(9)13(16)12-4-2-3-7-14-12/h2-8,13,16H,1H3. The van der Waals surface area contributed by atoms with Crippen molar-refractivity contribution >= 4 is 5.69 Å².